The predicted molar refractivity (Wildman–Crippen MR) is 77.2 cm³/mol. The number of hydrogen-bond donors (Lipinski definition) is 1. The van der Waals surface area contributed by atoms with E-state index in [0.717, 1.165) is 0 Å². The third kappa shape index (κ3) is 10.7. The van der Waals surface area contributed by atoms with Crippen molar-refractivity contribution < 1.29 is 33.3 Å². The quantitative estimate of drug-likeness (QED) is 0.275. The zero-order valence-electron chi connectivity index (χ0n) is 13.2. The van der Waals surface area contributed by atoms with Crippen LogP contribution in [0.2, 0.25) is 0 Å². The SMILES string of the molecule is C=C(C)C(=O)OCCNC(=O)OCCC(=O)OC(C)COC. The maximum Gasteiger partial charge on any atom is 0.407 e. The van der Waals surface area contributed by atoms with Crippen LogP contribution in [0.4, 0.5) is 4.79 Å². The Hall–Kier alpha value is -2.09. The molecule has 8 nitrogen and oxygen atoms in total. The summed E-state index contributed by atoms with van der Waals surface area (Å²) < 4.78 is 19.3. The Kier molecular flexibility index (Phi) is 10.5. The fraction of sp³-hybridized carbons (Fsp3) is 0.643. The van der Waals surface area contributed by atoms with E-state index in [1.807, 2.05) is 0 Å². The maximum absolute atomic E-state index is 11.4. The van der Waals surface area contributed by atoms with Crippen molar-refractivity contribution >= 4 is 18.0 Å². The van der Waals surface area contributed by atoms with Gasteiger partial charge in [-0.05, 0) is 13.8 Å². The van der Waals surface area contributed by atoms with E-state index in [1.54, 1.807) is 6.92 Å². The second-order valence-corrected chi connectivity index (χ2v) is 4.48. The number of methoxy groups -OCH3 is 1. The van der Waals surface area contributed by atoms with E-state index in [9.17, 15) is 14.4 Å². The molecular weight excluding hydrogens is 294 g/mol. The largest absolute Gasteiger partial charge is 0.460 e. The van der Waals surface area contributed by atoms with E-state index in [4.69, 9.17) is 18.9 Å². The summed E-state index contributed by atoms with van der Waals surface area (Å²) in [5.74, 6) is -1.00. The smallest absolute Gasteiger partial charge is 0.407 e. The van der Waals surface area contributed by atoms with Crippen molar-refractivity contribution in [1.82, 2.24) is 5.32 Å². The molecule has 1 N–H and O–H groups in total. The Balaban J connectivity index is 3.63. The summed E-state index contributed by atoms with van der Waals surface area (Å²) in [5.41, 5.74) is 0.281. The van der Waals surface area contributed by atoms with Gasteiger partial charge in [-0.15, -0.1) is 0 Å². The Labute approximate surface area is 129 Å². The number of alkyl carbamates (subject to hydrolysis) is 1. The average molecular weight is 317 g/mol. The summed E-state index contributed by atoms with van der Waals surface area (Å²) in [5, 5.41) is 2.37. The number of hydrogen-bond acceptors (Lipinski definition) is 7. The van der Waals surface area contributed by atoms with Gasteiger partial charge >= 0.3 is 18.0 Å². The van der Waals surface area contributed by atoms with Gasteiger partial charge in [-0.3, -0.25) is 4.79 Å². The Bertz CT molecular complexity index is 395. The highest BCUT2D eigenvalue weighted by molar-refractivity contribution is 5.86. The van der Waals surface area contributed by atoms with Crippen LogP contribution in [-0.4, -0.2) is 57.6 Å². The molecule has 126 valence electrons. The zero-order chi connectivity index (χ0) is 17.0. The van der Waals surface area contributed by atoms with Crippen LogP contribution >= 0.6 is 0 Å². The lowest BCUT2D eigenvalue weighted by molar-refractivity contribution is -0.151. The van der Waals surface area contributed by atoms with Crippen molar-refractivity contribution in [2.24, 2.45) is 0 Å². The summed E-state index contributed by atoms with van der Waals surface area (Å²) in [7, 11) is 1.51. The van der Waals surface area contributed by atoms with Crippen LogP contribution in [-0.2, 0) is 28.5 Å². The molecule has 8 heteroatoms. The summed E-state index contributed by atoms with van der Waals surface area (Å²) in [6, 6.07) is 0. The molecule has 0 aliphatic rings. The lowest BCUT2D eigenvalue weighted by Crippen LogP contribution is -2.29. The second-order valence-electron chi connectivity index (χ2n) is 4.48. The van der Waals surface area contributed by atoms with Gasteiger partial charge in [0.2, 0.25) is 0 Å². The fourth-order valence-electron chi connectivity index (χ4n) is 1.25. The van der Waals surface area contributed by atoms with Gasteiger partial charge < -0.3 is 24.3 Å². The summed E-state index contributed by atoms with van der Waals surface area (Å²) >= 11 is 0. The number of amides is 1. The average Bonchev–Trinajstić information content (AvgIpc) is 2.43. The molecule has 1 atom stereocenters. The molecule has 0 radical (unpaired) electrons. The van der Waals surface area contributed by atoms with Crippen molar-refractivity contribution in [1.29, 1.82) is 0 Å². The predicted octanol–water partition coefficient (Wildman–Crippen LogP) is 0.800. The highest BCUT2D eigenvalue weighted by Crippen LogP contribution is 1.96. The van der Waals surface area contributed by atoms with Crippen LogP contribution in [0.15, 0.2) is 12.2 Å². The van der Waals surface area contributed by atoms with Crippen molar-refractivity contribution in [3.8, 4) is 0 Å². The normalized spacial score (nSPS) is 11.2. The van der Waals surface area contributed by atoms with Crippen LogP contribution in [0.1, 0.15) is 20.3 Å². The Morgan fingerprint density at radius 2 is 1.86 bits per heavy atom. The molecule has 0 aromatic rings. The topological polar surface area (TPSA) is 100 Å². The maximum atomic E-state index is 11.4. The van der Waals surface area contributed by atoms with Gasteiger partial charge in [-0.2, -0.15) is 0 Å². The van der Waals surface area contributed by atoms with Crippen molar-refractivity contribution in [2.45, 2.75) is 26.4 Å². The first-order valence-corrected chi connectivity index (χ1v) is 6.78. The number of rotatable bonds is 10. The highest BCUT2D eigenvalue weighted by Gasteiger charge is 2.10. The van der Waals surface area contributed by atoms with Crippen LogP contribution in [0, 0.1) is 0 Å². The van der Waals surface area contributed by atoms with Crippen molar-refractivity contribution in [3.05, 3.63) is 12.2 Å². The molecule has 0 spiro atoms. The fourth-order valence-corrected chi connectivity index (χ4v) is 1.25. The summed E-state index contributed by atoms with van der Waals surface area (Å²) in [6.45, 7) is 6.96. The molecule has 0 saturated heterocycles. The van der Waals surface area contributed by atoms with Gasteiger partial charge in [-0.25, -0.2) is 9.59 Å². The number of ether oxygens (including phenoxy) is 4. The molecule has 0 heterocycles. The van der Waals surface area contributed by atoms with Gasteiger partial charge in [0.15, 0.2) is 0 Å². The van der Waals surface area contributed by atoms with E-state index in [1.165, 1.54) is 14.0 Å². The number of carbonyl (C=O) groups excluding carboxylic acids is 3. The van der Waals surface area contributed by atoms with Gasteiger partial charge in [0.05, 0.1) is 19.6 Å². The minimum Gasteiger partial charge on any atom is -0.460 e. The second kappa shape index (κ2) is 11.6. The number of esters is 2. The molecule has 0 fully saturated rings. The van der Waals surface area contributed by atoms with E-state index in [2.05, 4.69) is 11.9 Å². The molecule has 0 aliphatic heterocycles. The van der Waals surface area contributed by atoms with Gasteiger partial charge in [0, 0.05) is 12.7 Å². The molecule has 1 unspecified atom stereocenters. The summed E-state index contributed by atoms with van der Waals surface area (Å²) in [4.78, 5) is 33.7. The van der Waals surface area contributed by atoms with Crippen LogP contribution < -0.4 is 5.32 Å². The van der Waals surface area contributed by atoms with Gasteiger partial charge in [0.25, 0.3) is 0 Å². The molecule has 0 saturated carbocycles. The van der Waals surface area contributed by atoms with Crippen LogP contribution in [0.3, 0.4) is 0 Å². The first-order chi connectivity index (χ1) is 10.4. The standard InChI is InChI=1S/C14H23NO7/c1-10(2)13(17)20-8-6-15-14(18)21-7-5-12(16)22-11(3)9-19-4/h11H,1,5-9H2,2-4H3,(H,15,18). The lowest BCUT2D eigenvalue weighted by Gasteiger charge is -2.12. The van der Waals surface area contributed by atoms with E-state index >= 15 is 0 Å². The first kappa shape index (κ1) is 19.9. The monoisotopic (exact) mass is 317 g/mol. The molecule has 0 aliphatic carbocycles. The van der Waals surface area contributed by atoms with E-state index < -0.39 is 18.0 Å². The minimum atomic E-state index is -0.705. The molecule has 1 amide bonds. The molecular formula is C14H23NO7. The number of carbonyl (C=O) groups is 3. The number of nitrogens with one attached hydrogen (secondary N) is 1. The highest BCUT2D eigenvalue weighted by atomic mass is 16.6. The molecule has 22 heavy (non-hydrogen) atoms. The molecule has 0 aromatic carbocycles. The van der Waals surface area contributed by atoms with E-state index in [0.29, 0.717) is 6.61 Å². The molecule has 0 rings (SSSR count). The van der Waals surface area contributed by atoms with Gasteiger partial charge in [0.1, 0.15) is 19.3 Å². The van der Waals surface area contributed by atoms with Crippen molar-refractivity contribution in [3.63, 3.8) is 0 Å². The van der Waals surface area contributed by atoms with Crippen LogP contribution in [0.5, 0.6) is 0 Å². The van der Waals surface area contributed by atoms with Crippen LogP contribution in [0.25, 0.3) is 0 Å². The summed E-state index contributed by atoms with van der Waals surface area (Å²) in [6.07, 6.45) is -1.11. The van der Waals surface area contributed by atoms with Crippen molar-refractivity contribution in [2.75, 3.05) is 33.5 Å². The molecule has 0 bridgehead atoms. The lowest BCUT2D eigenvalue weighted by atomic mass is 10.4. The van der Waals surface area contributed by atoms with Gasteiger partial charge in [-0.1, -0.05) is 6.58 Å². The third-order valence-corrected chi connectivity index (χ3v) is 2.23. The van der Waals surface area contributed by atoms with E-state index in [-0.39, 0.29) is 37.9 Å². The zero-order valence-corrected chi connectivity index (χ0v) is 13.2. The molecule has 0 aromatic heterocycles. The minimum absolute atomic E-state index is 0.0113. The first-order valence-electron chi connectivity index (χ1n) is 6.78. The third-order valence-electron chi connectivity index (χ3n) is 2.23. The Morgan fingerprint density at radius 3 is 2.45 bits per heavy atom. The Morgan fingerprint density at radius 1 is 1.18 bits per heavy atom.